The van der Waals surface area contributed by atoms with E-state index in [-0.39, 0.29) is 11.9 Å². The highest BCUT2D eigenvalue weighted by Crippen LogP contribution is 2.41. The van der Waals surface area contributed by atoms with E-state index in [1.165, 1.54) is 11.8 Å². The summed E-state index contributed by atoms with van der Waals surface area (Å²) in [5.41, 5.74) is 7.60. The summed E-state index contributed by atoms with van der Waals surface area (Å²) < 4.78 is 8.08. The van der Waals surface area contributed by atoms with Crippen LogP contribution in [0.2, 0.25) is 0 Å². The minimum atomic E-state index is -0.0639. The molecule has 0 aliphatic carbocycles. The molecule has 1 aliphatic heterocycles. The molecular formula is C14H12N2OS. The standard InChI is InChI=1S/C14H12N2OS/c1-16-11-7-6-9(15)8-13(11)18-12-5-3-2-4-10(12)14(16)17/h2-8H,15H2,1H3/i8D. The lowest BCUT2D eigenvalue weighted by Crippen LogP contribution is -2.25. The predicted molar refractivity (Wildman–Crippen MR) is 74.2 cm³/mol. The summed E-state index contributed by atoms with van der Waals surface area (Å²) >= 11 is 1.42. The number of fused-ring (bicyclic) bond motifs is 2. The summed E-state index contributed by atoms with van der Waals surface area (Å²) in [4.78, 5) is 15.6. The number of anilines is 2. The minimum Gasteiger partial charge on any atom is -0.399 e. The van der Waals surface area contributed by atoms with E-state index in [0.29, 0.717) is 11.3 Å². The summed E-state index contributed by atoms with van der Waals surface area (Å²) in [6.45, 7) is 0. The zero-order valence-corrected chi connectivity index (χ0v) is 10.6. The van der Waals surface area contributed by atoms with Crippen LogP contribution in [0, 0.1) is 0 Å². The maximum Gasteiger partial charge on any atom is 0.259 e. The highest BCUT2D eigenvalue weighted by molar-refractivity contribution is 7.99. The molecule has 90 valence electrons. The number of rotatable bonds is 0. The van der Waals surface area contributed by atoms with Crippen LogP contribution in [0.1, 0.15) is 11.7 Å². The highest BCUT2D eigenvalue weighted by Gasteiger charge is 2.24. The first-order valence-corrected chi connectivity index (χ1v) is 6.35. The maximum absolute atomic E-state index is 12.4. The van der Waals surface area contributed by atoms with E-state index in [0.717, 1.165) is 15.5 Å². The number of benzene rings is 2. The van der Waals surface area contributed by atoms with Gasteiger partial charge >= 0.3 is 0 Å². The third kappa shape index (κ3) is 1.66. The van der Waals surface area contributed by atoms with Gasteiger partial charge in [0.25, 0.3) is 5.91 Å². The monoisotopic (exact) mass is 257 g/mol. The van der Waals surface area contributed by atoms with E-state index in [9.17, 15) is 4.79 Å². The molecule has 0 bridgehead atoms. The van der Waals surface area contributed by atoms with Gasteiger partial charge in [-0.25, -0.2) is 0 Å². The van der Waals surface area contributed by atoms with Crippen molar-refractivity contribution >= 4 is 29.0 Å². The van der Waals surface area contributed by atoms with Gasteiger partial charge in [-0.2, -0.15) is 0 Å². The van der Waals surface area contributed by atoms with Crippen LogP contribution in [-0.4, -0.2) is 13.0 Å². The van der Waals surface area contributed by atoms with Gasteiger partial charge in [0.1, 0.15) is 0 Å². The van der Waals surface area contributed by atoms with Crippen molar-refractivity contribution in [3.05, 3.63) is 48.0 Å². The summed E-state index contributed by atoms with van der Waals surface area (Å²) in [6.07, 6.45) is 0. The molecule has 0 saturated heterocycles. The van der Waals surface area contributed by atoms with Crippen molar-refractivity contribution in [3.8, 4) is 0 Å². The Morgan fingerprint density at radius 1 is 1.22 bits per heavy atom. The fraction of sp³-hybridized carbons (Fsp3) is 0.0714. The third-order valence-electron chi connectivity index (χ3n) is 2.91. The second-order valence-electron chi connectivity index (χ2n) is 4.09. The van der Waals surface area contributed by atoms with Gasteiger partial charge in [0.15, 0.2) is 0 Å². The van der Waals surface area contributed by atoms with Gasteiger partial charge in [-0.3, -0.25) is 4.79 Å². The average molecular weight is 257 g/mol. The van der Waals surface area contributed by atoms with Gasteiger partial charge in [-0.1, -0.05) is 23.9 Å². The average Bonchev–Trinajstić information content (AvgIpc) is 2.53. The van der Waals surface area contributed by atoms with Gasteiger partial charge in [0.05, 0.1) is 12.6 Å². The Balaban J connectivity index is 2.29. The second-order valence-corrected chi connectivity index (χ2v) is 5.14. The fourth-order valence-corrected chi connectivity index (χ4v) is 3.07. The first-order chi connectivity index (χ1) is 9.09. The van der Waals surface area contributed by atoms with E-state index in [4.69, 9.17) is 7.10 Å². The summed E-state index contributed by atoms with van der Waals surface area (Å²) in [6, 6.07) is 11.2. The molecule has 0 aromatic heterocycles. The molecule has 1 heterocycles. The van der Waals surface area contributed by atoms with Crippen LogP contribution in [-0.2, 0) is 0 Å². The van der Waals surface area contributed by atoms with Crippen molar-refractivity contribution < 1.29 is 6.17 Å². The largest absolute Gasteiger partial charge is 0.399 e. The number of nitrogens with two attached hydrogens (primary N) is 1. The molecule has 3 nitrogen and oxygen atoms in total. The van der Waals surface area contributed by atoms with Crippen LogP contribution in [0.4, 0.5) is 11.4 Å². The number of nitrogen functional groups attached to an aromatic ring is 1. The Kier molecular flexibility index (Phi) is 2.26. The lowest BCUT2D eigenvalue weighted by molar-refractivity contribution is 0.0990. The molecule has 3 rings (SSSR count). The van der Waals surface area contributed by atoms with E-state index < -0.39 is 0 Å². The van der Waals surface area contributed by atoms with Crippen LogP contribution in [0.3, 0.4) is 0 Å². The van der Waals surface area contributed by atoms with Crippen molar-refractivity contribution in [2.75, 3.05) is 17.7 Å². The van der Waals surface area contributed by atoms with Gasteiger partial charge < -0.3 is 10.6 Å². The molecule has 0 fully saturated rings. The molecule has 2 aromatic rings. The van der Waals surface area contributed by atoms with Crippen LogP contribution in [0.5, 0.6) is 0 Å². The molecule has 18 heavy (non-hydrogen) atoms. The van der Waals surface area contributed by atoms with Crippen molar-refractivity contribution in [1.82, 2.24) is 0 Å². The van der Waals surface area contributed by atoms with Crippen molar-refractivity contribution in [1.29, 1.82) is 0 Å². The normalized spacial score (nSPS) is 14.6. The Hall–Kier alpha value is -1.94. The zero-order valence-electron chi connectivity index (χ0n) is 10.8. The summed E-state index contributed by atoms with van der Waals surface area (Å²) in [5.74, 6) is -0.0639. The predicted octanol–water partition coefficient (Wildman–Crippen LogP) is 3.01. The lowest BCUT2D eigenvalue weighted by Gasteiger charge is -2.17. The third-order valence-corrected chi connectivity index (χ3v) is 4.00. The Bertz CT molecular complexity index is 687. The first kappa shape index (κ1) is 10.0. The highest BCUT2D eigenvalue weighted by atomic mass is 32.2. The zero-order chi connectivity index (χ0) is 13.6. The first-order valence-electron chi connectivity index (χ1n) is 6.03. The minimum absolute atomic E-state index is 0.0639. The number of hydrogen-bond donors (Lipinski definition) is 1. The van der Waals surface area contributed by atoms with E-state index in [1.807, 2.05) is 18.2 Å². The molecular weight excluding hydrogens is 244 g/mol. The van der Waals surface area contributed by atoms with Crippen molar-refractivity contribution in [2.45, 2.75) is 9.79 Å². The van der Waals surface area contributed by atoms with E-state index in [1.54, 1.807) is 30.1 Å². The smallest absolute Gasteiger partial charge is 0.259 e. The summed E-state index contributed by atoms with van der Waals surface area (Å²) in [7, 11) is 1.72. The number of amides is 1. The summed E-state index contributed by atoms with van der Waals surface area (Å²) in [5, 5.41) is 0. The molecule has 1 amide bonds. The number of carbonyl (C=O) groups excluding carboxylic acids is 1. The number of carbonyl (C=O) groups is 1. The Labute approximate surface area is 111 Å². The molecule has 0 atom stereocenters. The lowest BCUT2D eigenvalue weighted by atomic mass is 10.2. The molecule has 2 N–H and O–H groups in total. The van der Waals surface area contributed by atoms with E-state index >= 15 is 0 Å². The SMILES string of the molecule is [2H]c1c(N)ccc2c1Sc1ccccc1C(=O)N2C. The second kappa shape index (κ2) is 4.07. The molecule has 2 aromatic carbocycles. The maximum atomic E-state index is 12.4. The quantitative estimate of drug-likeness (QED) is 0.738. The number of nitrogens with zero attached hydrogens (tertiary/aromatic N) is 1. The molecule has 0 radical (unpaired) electrons. The molecule has 0 saturated carbocycles. The fourth-order valence-electron chi connectivity index (χ4n) is 1.96. The van der Waals surface area contributed by atoms with Crippen LogP contribution in [0.25, 0.3) is 0 Å². The van der Waals surface area contributed by atoms with Crippen molar-refractivity contribution in [2.24, 2.45) is 0 Å². The Morgan fingerprint density at radius 3 is 2.83 bits per heavy atom. The van der Waals surface area contributed by atoms with E-state index in [2.05, 4.69) is 0 Å². The number of hydrogen-bond acceptors (Lipinski definition) is 3. The van der Waals surface area contributed by atoms with Crippen LogP contribution in [0.15, 0.2) is 52.2 Å². The Morgan fingerprint density at radius 2 is 2.00 bits per heavy atom. The van der Waals surface area contributed by atoms with Gasteiger partial charge in [-0.05, 0) is 30.3 Å². The topological polar surface area (TPSA) is 46.3 Å². The van der Waals surface area contributed by atoms with Crippen molar-refractivity contribution in [3.63, 3.8) is 0 Å². The molecule has 0 unspecified atom stereocenters. The van der Waals surface area contributed by atoms with Crippen LogP contribution < -0.4 is 10.6 Å². The molecule has 0 spiro atoms. The van der Waals surface area contributed by atoms with Gasteiger partial charge in [0, 0.05) is 22.5 Å². The van der Waals surface area contributed by atoms with Gasteiger partial charge in [0.2, 0.25) is 0 Å². The van der Waals surface area contributed by atoms with Crippen LogP contribution >= 0.6 is 11.8 Å². The molecule has 4 heteroatoms. The molecule has 1 aliphatic rings. The van der Waals surface area contributed by atoms with Gasteiger partial charge in [-0.15, -0.1) is 0 Å².